The van der Waals surface area contributed by atoms with Crippen LogP contribution in [0.5, 0.6) is 0 Å². The third-order valence-electron chi connectivity index (χ3n) is 11.4. The van der Waals surface area contributed by atoms with Gasteiger partial charge >= 0.3 is 0 Å². The molecule has 0 saturated heterocycles. The van der Waals surface area contributed by atoms with E-state index in [1.165, 1.54) is 149 Å². The highest BCUT2D eigenvalue weighted by Gasteiger charge is 2.21. The molecule has 300 valence electrons. The number of pyridine rings is 2. The maximum Gasteiger partial charge on any atom is 0.259 e. The number of nitrogens with zero attached hydrogens (tertiary/aromatic N) is 2. The summed E-state index contributed by atoms with van der Waals surface area (Å²) in [5, 5.41) is 5.51. The lowest BCUT2D eigenvalue weighted by Gasteiger charge is -2.18. The molecule has 0 aromatic carbocycles. The molecule has 0 spiro atoms. The second-order valence-electron chi connectivity index (χ2n) is 15.9. The first kappa shape index (κ1) is 44.3. The fourth-order valence-electron chi connectivity index (χ4n) is 8.02. The van der Waals surface area contributed by atoms with Crippen molar-refractivity contribution < 1.29 is 0 Å². The molecule has 4 aromatic heterocycles. The molecule has 4 nitrogen and oxygen atoms in total. The van der Waals surface area contributed by atoms with E-state index in [0.29, 0.717) is 23.9 Å². The first-order valence-corrected chi connectivity index (χ1v) is 24.3. The zero-order valence-electron chi connectivity index (χ0n) is 34.8. The number of thiophene rings is 2. The predicted octanol–water partition coefficient (Wildman–Crippen LogP) is 15.1. The quantitative estimate of drug-likeness (QED) is 0.0495. The molecule has 0 radical (unpaired) electrons. The molecule has 0 fully saturated rings. The van der Waals surface area contributed by atoms with E-state index in [1.54, 1.807) is 22.7 Å². The summed E-state index contributed by atoms with van der Waals surface area (Å²) < 4.78 is 4.00. The molecule has 0 aliphatic rings. The first-order chi connectivity index (χ1) is 26.5. The van der Waals surface area contributed by atoms with Crippen molar-refractivity contribution in [2.75, 3.05) is 0 Å². The van der Waals surface area contributed by atoms with Gasteiger partial charge < -0.3 is 9.13 Å². The standard InChI is InChI=1S/C48H74N2O2S2/c1-5-9-13-15-17-19-21-23-25-27-29-39-31-35-53-45(39)43-37-41-42(47(51)49(43)33-11-7-3)38-44(50(48(41)52)34-12-8-4)46-40(32-36-54-46)30-28-26-24-22-20-18-16-14-10-6-2/h31-32,35-38H,5-30,33-34H2,1-4H3. The van der Waals surface area contributed by atoms with Crippen LogP contribution in [0.1, 0.15) is 193 Å². The molecule has 0 aliphatic heterocycles. The van der Waals surface area contributed by atoms with Gasteiger partial charge in [-0.1, -0.05) is 156 Å². The fourth-order valence-corrected chi connectivity index (χ4v) is 9.98. The Labute approximate surface area is 336 Å². The molecular formula is C48H74N2O2S2. The van der Waals surface area contributed by atoms with Crippen molar-refractivity contribution in [1.29, 1.82) is 0 Å². The van der Waals surface area contributed by atoms with E-state index in [0.717, 1.165) is 49.9 Å². The van der Waals surface area contributed by atoms with Gasteiger partial charge in [-0.25, -0.2) is 0 Å². The van der Waals surface area contributed by atoms with Crippen molar-refractivity contribution >= 4 is 33.4 Å². The third kappa shape index (κ3) is 13.4. The lowest BCUT2D eigenvalue weighted by atomic mass is 10.0. The van der Waals surface area contributed by atoms with Gasteiger partial charge in [-0.3, -0.25) is 9.59 Å². The highest BCUT2D eigenvalue weighted by Crippen LogP contribution is 2.35. The second kappa shape index (κ2) is 25.7. The van der Waals surface area contributed by atoms with Crippen LogP contribution < -0.4 is 11.1 Å². The normalized spacial score (nSPS) is 11.7. The van der Waals surface area contributed by atoms with Gasteiger partial charge in [-0.05, 0) is 84.7 Å². The molecule has 4 heterocycles. The Morgan fingerprint density at radius 2 is 0.741 bits per heavy atom. The first-order valence-electron chi connectivity index (χ1n) is 22.5. The van der Waals surface area contributed by atoms with Gasteiger partial charge in [0.25, 0.3) is 11.1 Å². The van der Waals surface area contributed by atoms with Crippen LogP contribution in [-0.2, 0) is 25.9 Å². The Bertz CT molecular complexity index is 1610. The lowest BCUT2D eigenvalue weighted by molar-refractivity contribution is 0.556. The van der Waals surface area contributed by atoms with Crippen LogP contribution in [0.25, 0.3) is 31.9 Å². The molecule has 0 bridgehead atoms. The number of hydrogen-bond donors (Lipinski definition) is 0. The molecule has 54 heavy (non-hydrogen) atoms. The SMILES string of the molecule is CCCCCCCCCCCCc1ccsc1-c1cc2c(=O)n(CCCC)c(-c3sccc3CCCCCCCCCCCC)cc2c(=O)n1CCCC. The van der Waals surface area contributed by atoms with Gasteiger partial charge in [0.1, 0.15) is 0 Å². The van der Waals surface area contributed by atoms with Crippen LogP contribution >= 0.6 is 22.7 Å². The summed E-state index contributed by atoms with van der Waals surface area (Å²) in [4.78, 5) is 31.5. The van der Waals surface area contributed by atoms with Crippen molar-refractivity contribution in [2.24, 2.45) is 0 Å². The summed E-state index contributed by atoms with van der Waals surface area (Å²) in [6.45, 7) is 10.3. The second-order valence-corrected chi connectivity index (χ2v) is 17.8. The van der Waals surface area contributed by atoms with Gasteiger partial charge in [0.2, 0.25) is 0 Å². The zero-order valence-corrected chi connectivity index (χ0v) is 36.4. The highest BCUT2D eigenvalue weighted by molar-refractivity contribution is 7.14. The number of unbranched alkanes of at least 4 members (excludes halogenated alkanes) is 20. The summed E-state index contributed by atoms with van der Waals surface area (Å²) in [7, 11) is 0. The molecule has 6 heteroatoms. The van der Waals surface area contributed by atoms with Gasteiger partial charge in [0, 0.05) is 13.1 Å². The molecule has 0 aliphatic carbocycles. The Balaban J connectivity index is 1.55. The van der Waals surface area contributed by atoms with Gasteiger partial charge in [-0.2, -0.15) is 0 Å². The molecule has 0 atom stereocenters. The van der Waals surface area contributed by atoms with Crippen LogP contribution in [0.2, 0.25) is 0 Å². The van der Waals surface area contributed by atoms with Crippen LogP contribution in [0.4, 0.5) is 0 Å². The summed E-state index contributed by atoms with van der Waals surface area (Å²) in [6, 6.07) is 8.66. The molecule has 4 rings (SSSR count). The summed E-state index contributed by atoms with van der Waals surface area (Å²) in [6.07, 6.45) is 32.4. The molecular weight excluding hydrogens is 701 g/mol. The monoisotopic (exact) mass is 775 g/mol. The Kier molecular flexibility index (Phi) is 21.0. The summed E-state index contributed by atoms with van der Waals surface area (Å²) in [5.41, 5.74) is 4.49. The maximum atomic E-state index is 14.6. The Hall–Kier alpha value is -2.44. The summed E-state index contributed by atoms with van der Waals surface area (Å²) >= 11 is 3.45. The van der Waals surface area contributed by atoms with E-state index < -0.39 is 0 Å². The highest BCUT2D eigenvalue weighted by atomic mass is 32.1. The van der Waals surface area contributed by atoms with E-state index in [-0.39, 0.29) is 11.1 Å². The van der Waals surface area contributed by atoms with Crippen molar-refractivity contribution in [3.8, 4) is 21.1 Å². The Morgan fingerprint density at radius 1 is 0.426 bits per heavy atom. The van der Waals surface area contributed by atoms with Gasteiger partial charge in [0.15, 0.2) is 0 Å². The van der Waals surface area contributed by atoms with Crippen molar-refractivity contribution in [2.45, 2.75) is 208 Å². The van der Waals surface area contributed by atoms with Crippen LogP contribution in [0.15, 0.2) is 44.6 Å². The fraction of sp³-hybridized carbons (Fsp3) is 0.667. The zero-order chi connectivity index (χ0) is 38.4. The Morgan fingerprint density at radius 3 is 1.07 bits per heavy atom. The minimum Gasteiger partial charge on any atom is -0.307 e. The van der Waals surface area contributed by atoms with Gasteiger partial charge in [-0.15, -0.1) is 22.7 Å². The number of hydrogen-bond acceptors (Lipinski definition) is 4. The van der Waals surface area contributed by atoms with E-state index in [1.807, 2.05) is 9.13 Å². The van der Waals surface area contributed by atoms with E-state index in [9.17, 15) is 9.59 Å². The summed E-state index contributed by atoms with van der Waals surface area (Å²) in [5.74, 6) is 0. The van der Waals surface area contributed by atoms with Crippen molar-refractivity contribution in [3.05, 3.63) is 66.9 Å². The molecule has 0 amide bonds. The topological polar surface area (TPSA) is 44.0 Å². The van der Waals surface area contributed by atoms with E-state index in [2.05, 4.69) is 62.7 Å². The smallest absolute Gasteiger partial charge is 0.259 e. The van der Waals surface area contributed by atoms with Crippen molar-refractivity contribution in [3.63, 3.8) is 0 Å². The lowest BCUT2D eigenvalue weighted by Crippen LogP contribution is -2.28. The number of fused-ring (bicyclic) bond motifs is 1. The predicted molar refractivity (Wildman–Crippen MR) is 240 cm³/mol. The maximum absolute atomic E-state index is 14.6. The van der Waals surface area contributed by atoms with E-state index in [4.69, 9.17) is 0 Å². The van der Waals surface area contributed by atoms with Crippen LogP contribution in [-0.4, -0.2) is 9.13 Å². The minimum absolute atomic E-state index is 0.0111. The number of aromatic nitrogens is 2. The molecule has 4 aromatic rings. The molecule has 0 unspecified atom stereocenters. The average molecular weight is 775 g/mol. The van der Waals surface area contributed by atoms with Crippen LogP contribution in [0.3, 0.4) is 0 Å². The number of aryl methyl sites for hydroxylation is 2. The molecule has 0 N–H and O–H groups in total. The largest absolute Gasteiger partial charge is 0.307 e. The average Bonchev–Trinajstić information content (AvgIpc) is 3.85. The van der Waals surface area contributed by atoms with Crippen molar-refractivity contribution in [1.82, 2.24) is 9.13 Å². The number of rotatable bonds is 30. The third-order valence-corrected chi connectivity index (χ3v) is 13.4. The van der Waals surface area contributed by atoms with Crippen LogP contribution in [0, 0.1) is 0 Å². The van der Waals surface area contributed by atoms with Gasteiger partial charge in [0.05, 0.1) is 31.9 Å². The van der Waals surface area contributed by atoms with E-state index >= 15 is 0 Å². The minimum atomic E-state index is -0.0111. The molecule has 0 saturated carbocycles.